The summed E-state index contributed by atoms with van der Waals surface area (Å²) in [5, 5.41) is 0.840. The van der Waals surface area contributed by atoms with Crippen LogP contribution < -0.4 is 0 Å². The second-order valence-corrected chi connectivity index (χ2v) is 8.43. The van der Waals surface area contributed by atoms with Crippen LogP contribution in [-0.4, -0.2) is 63.0 Å². The van der Waals surface area contributed by atoms with E-state index in [-0.39, 0.29) is 24.5 Å². The maximum absolute atomic E-state index is 13.2. The summed E-state index contributed by atoms with van der Waals surface area (Å²) in [5.74, 6) is -0.812. The van der Waals surface area contributed by atoms with Gasteiger partial charge in [-0.15, -0.1) is 0 Å². The molecule has 1 unspecified atom stereocenters. The lowest BCUT2D eigenvalue weighted by Gasteiger charge is -2.41. The number of benzene rings is 1. The summed E-state index contributed by atoms with van der Waals surface area (Å²) in [4.78, 5) is 49.6. The quantitative estimate of drug-likeness (QED) is 0.370. The number of Topliss-reactive ketones (excluding diaryl/α,β-unsaturated/α-hetero) is 1. The van der Waals surface area contributed by atoms with Crippen LogP contribution >= 0.6 is 11.6 Å². The summed E-state index contributed by atoms with van der Waals surface area (Å²) in [7, 11) is 0. The van der Waals surface area contributed by atoms with Gasteiger partial charge in [-0.1, -0.05) is 37.2 Å². The summed E-state index contributed by atoms with van der Waals surface area (Å²) in [6.07, 6.45) is 5.04. The first kappa shape index (κ1) is 22.0. The third-order valence-electron chi connectivity index (χ3n) is 6.15. The lowest BCUT2D eigenvalue weighted by atomic mass is 10.0. The van der Waals surface area contributed by atoms with E-state index in [1.54, 1.807) is 28.0 Å². The summed E-state index contributed by atoms with van der Waals surface area (Å²) in [5.41, 5.74) is 1.47. The molecule has 1 saturated heterocycles. The highest BCUT2D eigenvalue weighted by atomic mass is 35.5. The maximum Gasteiger partial charge on any atom is 0.295 e. The van der Waals surface area contributed by atoms with E-state index in [1.807, 2.05) is 18.2 Å². The van der Waals surface area contributed by atoms with Crippen molar-refractivity contribution < 1.29 is 14.4 Å². The lowest BCUT2D eigenvalue weighted by molar-refractivity contribution is -0.131. The van der Waals surface area contributed by atoms with E-state index in [2.05, 4.69) is 9.97 Å². The summed E-state index contributed by atoms with van der Waals surface area (Å²) >= 11 is 6.09. The molecule has 32 heavy (non-hydrogen) atoms. The molecule has 2 amide bonds. The van der Waals surface area contributed by atoms with Gasteiger partial charge in [-0.25, -0.2) is 4.98 Å². The third-order valence-corrected chi connectivity index (χ3v) is 6.43. The molecule has 1 aliphatic carbocycles. The molecule has 3 heterocycles. The molecular weight excluding hydrogens is 428 g/mol. The van der Waals surface area contributed by atoms with E-state index in [9.17, 15) is 14.4 Å². The van der Waals surface area contributed by atoms with Crippen molar-refractivity contribution in [2.45, 2.75) is 26.3 Å². The number of ketones is 1. The van der Waals surface area contributed by atoms with Gasteiger partial charge in [0.15, 0.2) is 5.15 Å². The van der Waals surface area contributed by atoms with E-state index in [1.165, 1.54) is 12.4 Å². The number of piperazine rings is 1. The van der Waals surface area contributed by atoms with Crippen molar-refractivity contribution in [2.75, 3.05) is 19.6 Å². The van der Waals surface area contributed by atoms with Gasteiger partial charge in [0.1, 0.15) is 0 Å². The van der Waals surface area contributed by atoms with Crippen molar-refractivity contribution in [2.24, 2.45) is 5.92 Å². The van der Waals surface area contributed by atoms with Gasteiger partial charge < -0.3 is 14.8 Å². The van der Waals surface area contributed by atoms with Gasteiger partial charge in [0.25, 0.3) is 17.6 Å². The van der Waals surface area contributed by atoms with E-state index in [0.717, 1.165) is 12.8 Å². The molecule has 166 valence electrons. The Balaban J connectivity index is 0.00000245. The number of carbonyl (C=O) groups is 3. The van der Waals surface area contributed by atoms with Gasteiger partial charge in [0.05, 0.1) is 17.1 Å². The number of aromatic nitrogens is 2. The molecule has 2 aromatic heterocycles. The Labute approximate surface area is 191 Å². The van der Waals surface area contributed by atoms with Crippen LogP contribution in [0.3, 0.4) is 0 Å². The van der Waals surface area contributed by atoms with Crippen molar-refractivity contribution in [3.8, 4) is 0 Å². The maximum atomic E-state index is 13.2. The standard InChI is InChI=1S/C23H21ClN4O3.CH4/c24-21-19-16(8-9-25-21)17(12-26-19)20(29)23(31)28-11-10-27(13-18(28)14-6-7-14)22(30)15-4-2-1-3-5-15;/h1-5,8-9,12,14,18,26H,6-7,10-11,13H2;1H4. The van der Waals surface area contributed by atoms with Crippen molar-refractivity contribution >= 4 is 40.1 Å². The first-order valence-corrected chi connectivity index (χ1v) is 10.7. The summed E-state index contributed by atoms with van der Waals surface area (Å²) in [6, 6.07) is 10.7. The second kappa shape index (κ2) is 8.74. The highest BCUT2D eigenvalue weighted by Gasteiger charge is 2.43. The van der Waals surface area contributed by atoms with E-state index in [0.29, 0.717) is 47.6 Å². The molecule has 3 aromatic rings. The van der Waals surface area contributed by atoms with Gasteiger partial charge in [0.2, 0.25) is 0 Å². The van der Waals surface area contributed by atoms with Crippen LogP contribution in [0.1, 0.15) is 41.0 Å². The normalized spacial score (nSPS) is 18.3. The average molecular weight is 453 g/mol. The molecule has 5 rings (SSSR count). The molecule has 1 saturated carbocycles. The minimum Gasteiger partial charge on any atom is -0.358 e. The fourth-order valence-corrected chi connectivity index (χ4v) is 4.56. The Morgan fingerprint density at radius 3 is 2.53 bits per heavy atom. The lowest BCUT2D eigenvalue weighted by Crippen LogP contribution is -2.58. The van der Waals surface area contributed by atoms with Crippen molar-refractivity contribution in [1.82, 2.24) is 19.8 Å². The van der Waals surface area contributed by atoms with Crippen LogP contribution in [-0.2, 0) is 4.79 Å². The van der Waals surface area contributed by atoms with Crippen LogP contribution in [0.25, 0.3) is 10.9 Å². The van der Waals surface area contributed by atoms with Gasteiger partial charge in [-0.05, 0) is 37.0 Å². The van der Waals surface area contributed by atoms with Crippen molar-refractivity contribution in [3.63, 3.8) is 0 Å². The Bertz CT molecular complexity index is 1170. The molecule has 2 aliphatic rings. The smallest absolute Gasteiger partial charge is 0.295 e. The molecule has 8 heteroatoms. The highest BCUT2D eigenvalue weighted by Crippen LogP contribution is 2.37. The molecule has 1 N–H and O–H groups in total. The van der Waals surface area contributed by atoms with Crippen molar-refractivity contribution in [1.29, 1.82) is 0 Å². The highest BCUT2D eigenvalue weighted by molar-refractivity contribution is 6.45. The number of H-pyrrole nitrogens is 1. The number of aromatic amines is 1. The Hall–Kier alpha value is -3.19. The molecule has 2 fully saturated rings. The molecular formula is C24H25ClN4O3. The summed E-state index contributed by atoms with van der Waals surface area (Å²) < 4.78 is 0. The number of nitrogens with zero attached hydrogens (tertiary/aromatic N) is 3. The molecule has 1 aliphatic heterocycles. The Morgan fingerprint density at radius 1 is 1.06 bits per heavy atom. The SMILES string of the molecule is C.O=C(C(=O)N1CCN(C(=O)c2ccccc2)CC1C1CC1)c1c[nH]c2c(Cl)nccc12. The zero-order chi connectivity index (χ0) is 21.5. The number of carbonyl (C=O) groups excluding carboxylic acids is 3. The molecule has 7 nitrogen and oxygen atoms in total. The third kappa shape index (κ3) is 3.88. The minimum atomic E-state index is -0.568. The molecule has 1 aromatic carbocycles. The van der Waals surface area contributed by atoms with Crippen LogP contribution in [0.5, 0.6) is 0 Å². The second-order valence-electron chi connectivity index (χ2n) is 8.08. The van der Waals surface area contributed by atoms with E-state index >= 15 is 0 Å². The van der Waals surface area contributed by atoms with Gasteiger partial charge in [-0.3, -0.25) is 14.4 Å². The zero-order valence-corrected chi connectivity index (χ0v) is 17.5. The van der Waals surface area contributed by atoms with Gasteiger partial charge >= 0.3 is 0 Å². The van der Waals surface area contributed by atoms with Crippen molar-refractivity contribution in [3.05, 3.63) is 65.1 Å². The fraction of sp³-hybridized carbons (Fsp3) is 0.333. The van der Waals surface area contributed by atoms with Crippen LogP contribution in [0.4, 0.5) is 0 Å². The molecule has 1 atom stereocenters. The minimum absolute atomic E-state index is 0. The first-order chi connectivity index (χ1) is 15.0. The topological polar surface area (TPSA) is 86.4 Å². The number of rotatable bonds is 4. The van der Waals surface area contributed by atoms with Gasteiger partial charge in [0, 0.05) is 43.0 Å². The Kier molecular flexibility index (Phi) is 6.02. The Morgan fingerprint density at radius 2 is 1.81 bits per heavy atom. The predicted molar refractivity (Wildman–Crippen MR) is 123 cm³/mol. The van der Waals surface area contributed by atoms with E-state index < -0.39 is 11.7 Å². The van der Waals surface area contributed by atoms with E-state index in [4.69, 9.17) is 11.6 Å². The average Bonchev–Trinajstić information content (AvgIpc) is 3.56. The number of hydrogen-bond acceptors (Lipinski definition) is 4. The molecule has 0 bridgehead atoms. The predicted octanol–water partition coefficient (Wildman–Crippen LogP) is 3.80. The first-order valence-electron chi connectivity index (χ1n) is 10.4. The number of pyridine rings is 1. The largest absolute Gasteiger partial charge is 0.358 e. The fourth-order valence-electron chi connectivity index (χ4n) is 4.35. The molecule has 0 radical (unpaired) electrons. The number of amides is 2. The van der Waals surface area contributed by atoms with Gasteiger partial charge in [-0.2, -0.15) is 0 Å². The summed E-state index contributed by atoms with van der Waals surface area (Å²) in [6.45, 7) is 1.19. The van der Waals surface area contributed by atoms with Crippen LogP contribution in [0.2, 0.25) is 5.15 Å². The molecule has 0 spiro atoms. The monoisotopic (exact) mass is 452 g/mol. The number of nitrogens with one attached hydrogen (secondary N) is 1. The number of fused-ring (bicyclic) bond motifs is 1. The number of halogens is 1. The number of hydrogen-bond donors (Lipinski definition) is 1. The van der Waals surface area contributed by atoms with Crippen LogP contribution in [0.15, 0.2) is 48.8 Å². The van der Waals surface area contributed by atoms with Crippen LogP contribution in [0, 0.1) is 5.92 Å². The zero-order valence-electron chi connectivity index (χ0n) is 16.8.